The van der Waals surface area contributed by atoms with Crippen molar-refractivity contribution < 1.29 is 107 Å². The highest BCUT2D eigenvalue weighted by Gasteiger charge is 2.46. The number of aliphatic hydroxyl groups is 2. The van der Waals surface area contributed by atoms with Gasteiger partial charge in [-0.05, 0) is 161 Å². The molecular weight excluding hydrogens is 1740 g/mol. The first-order valence-corrected chi connectivity index (χ1v) is 48.3. The van der Waals surface area contributed by atoms with Gasteiger partial charge in [-0.25, -0.2) is 4.98 Å². The predicted octanol–water partition coefficient (Wildman–Crippen LogP) is 0.0987. The highest BCUT2D eigenvalue weighted by Crippen LogP contribution is 2.50. The van der Waals surface area contributed by atoms with E-state index in [0.717, 1.165) is 49.4 Å². The van der Waals surface area contributed by atoms with Crippen LogP contribution in [-0.2, 0) is 94.2 Å². The van der Waals surface area contributed by atoms with Crippen molar-refractivity contribution in [1.82, 2.24) is 87.7 Å². The van der Waals surface area contributed by atoms with Crippen LogP contribution in [0.4, 0.5) is 0 Å². The number of fused-ring (bicyclic) bond motifs is 1. The van der Waals surface area contributed by atoms with Gasteiger partial charge in [0, 0.05) is 120 Å². The Balaban J connectivity index is 0.995. The molecule has 21 N–H and O–H groups in total. The number of aliphatic hydroxyl groups excluding tert-OH is 2. The summed E-state index contributed by atoms with van der Waals surface area (Å²) in [7, 11) is 0. The Labute approximate surface area is 783 Å². The lowest BCUT2D eigenvalue weighted by molar-refractivity contribution is -0.140. The summed E-state index contributed by atoms with van der Waals surface area (Å²) >= 11 is 1.46. The standard InChI is InChI=1S/C91H149N19O22S/c1-10-12-15-64(100-79(117)53-132-36-35-131-34-25-95-78(116)49-107-26-28-108(50-80(118)119)30-32-110(52-82(122)123)33-31-109(29-27-107)51-81(120)121)40-59-39-62(43-66(111)11-2)83(74(112)41-59)61-20-19-60(42-61)57(7)18-23-76(114)101-70(21-22-75(92)113)87(126)105-72(44-63-46-96-68-17-14-13-16-67(63)68)88(127)99-58(8)86(125)106-84(56(5)6)91(130)97-48-77(115)102-73(45-65-47-94-54-98-65)90(129)104-71(38-55(3)4)89(128)103-69(85(93)124)24-37-133-9/h13-14,16-17,46-47,54-62,64,66,69-74,83-84,96,111-112H,10-12,15,18-45,48-53H2,1-9H3,(H2,92,113)(H2,93,124)(H,94,98)(H,95,116)(H,97,130)(H,99,127)(H,100,117)(H,101,114)(H,102,115)(H,103,128)(H,104,129)(H,105,126)(H,106,125)(H,118,119)(H,120,121)(H,122,123)/t57?,58-,59-,60?,61?,62?,64?,66+,69?,70?,71?,72-,73-,74+,83?,84-/m0/s1. The Morgan fingerprint density at radius 1 is 0.579 bits per heavy atom. The molecule has 0 bridgehead atoms. The molecule has 746 valence electrons. The minimum absolute atomic E-state index is 0.00124. The summed E-state index contributed by atoms with van der Waals surface area (Å²) in [4.78, 5) is 216. The first kappa shape index (κ1) is 112. The molecule has 12 amide bonds. The lowest BCUT2D eigenvalue weighted by atomic mass is 9.63. The number of aliphatic carboxylic acids is 3. The van der Waals surface area contributed by atoms with Gasteiger partial charge in [-0.3, -0.25) is 91.5 Å². The van der Waals surface area contributed by atoms with Gasteiger partial charge in [-0.15, -0.1) is 0 Å². The van der Waals surface area contributed by atoms with Gasteiger partial charge in [-0.1, -0.05) is 79.5 Å². The number of ether oxygens (including phenoxy) is 2. The molecule has 6 rings (SSSR count). The third-order valence-corrected chi connectivity index (χ3v) is 25.7. The lowest BCUT2D eigenvalue weighted by Crippen LogP contribution is -2.59. The van der Waals surface area contributed by atoms with Gasteiger partial charge in [-0.2, -0.15) is 11.8 Å². The van der Waals surface area contributed by atoms with Gasteiger partial charge in [0.2, 0.25) is 70.9 Å². The summed E-state index contributed by atoms with van der Waals surface area (Å²) in [6, 6.07) is -1.76. The van der Waals surface area contributed by atoms with Crippen molar-refractivity contribution >= 4 is 111 Å². The number of H-pyrrole nitrogens is 2. The minimum Gasteiger partial charge on any atom is -0.480 e. The van der Waals surface area contributed by atoms with Crippen molar-refractivity contribution in [1.29, 1.82) is 0 Å². The molecule has 2 aromatic heterocycles. The third-order valence-electron chi connectivity index (χ3n) is 25.1. The number of nitrogens with one attached hydrogen (secondary N) is 12. The van der Waals surface area contributed by atoms with Gasteiger partial charge in [0.1, 0.15) is 48.9 Å². The minimum atomic E-state index is -1.40. The number of thioether (sulfide) groups is 1. The zero-order chi connectivity index (χ0) is 97.8. The molecule has 41 nitrogen and oxygen atoms in total. The number of carboxylic acid groups (broad SMARTS) is 3. The van der Waals surface area contributed by atoms with E-state index < -0.39 is 144 Å². The summed E-state index contributed by atoms with van der Waals surface area (Å²) < 4.78 is 11.4. The van der Waals surface area contributed by atoms with Crippen molar-refractivity contribution in [3.63, 3.8) is 0 Å². The predicted molar refractivity (Wildman–Crippen MR) is 497 cm³/mol. The van der Waals surface area contributed by atoms with E-state index in [4.69, 9.17) is 20.9 Å². The molecule has 2 aliphatic carbocycles. The number of nitrogens with zero attached hydrogens (tertiary/aromatic N) is 5. The van der Waals surface area contributed by atoms with E-state index in [1.54, 1.807) is 40.8 Å². The van der Waals surface area contributed by atoms with Gasteiger partial charge >= 0.3 is 17.9 Å². The molecule has 3 aliphatic rings. The molecule has 0 radical (unpaired) electrons. The van der Waals surface area contributed by atoms with Crippen LogP contribution < -0.4 is 64.6 Å². The van der Waals surface area contributed by atoms with Crippen molar-refractivity contribution in [2.75, 3.05) is 130 Å². The zero-order valence-electron chi connectivity index (χ0n) is 78.8. The van der Waals surface area contributed by atoms with Crippen LogP contribution in [0.15, 0.2) is 43.0 Å². The SMILES string of the molecule is CCCCC(C[C@@H]1CC(C[C@H](O)CC)C(C2CCC(C(C)CCC(=O)NC(CCC(N)=O)C(=O)N[C@@H](Cc3c[nH]c4ccccc34)C(=O)N[C@@H](C)C(=O)N[C@H](C(=O)NCC(=O)N[C@@H](Cc3cnc[nH]3)C(=O)NC(CC(C)C)C(=O)NC(CCSC)C(N)=O)C(C)C)C2)[C@H](O)C1)NC(=O)COCCOCCNC(=O)CN1CCN(CC(=O)O)CCN(CC(=O)O)CCN(CC(=O)O)CC1. The Morgan fingerprint density at radius 3 is 1.77 bits per heavy atom. The number of amides is 12. The second-order valence-electron chi connectivity index (χ2n) is 36.6. The largest absolute Gasteiger partial charge is 0.480 e. The van der Waals surface area contributed by atoms with E-state index >= 15 is 0 Å². The molecule has 133 heavy (non-hydrogen) atoms. The van der Waals surface area contributed by atoms with Crippen molar-refractivity contribution in [3.05, 3.63) is 54.2 Å². The molecule has 1 aliphatic heterocycles. The van der Waals surface area contributed by atoms with E-state index in [1.165, 1.54) is 31.2 Å². The van der Waals surface area contributed by atoms with Crippen LogP contribution in [0.25, 0.3) is 10.9 Å². The normalized spacial score (nSPS) is 20.2. The summed E-state index contributed by atoms with van der Waals surface area (Å²) in [6.07, 6.45) is 13.0. The quantitative estimate of drug-likeness (QED) is 0.0333. The Bertz CT molecular complexity index is 4170. The molecule has 42 heteroatoms. The van der Waals surface area contributed by atoms with Crippen LogP contribution in [0.1, 0.15) is 176 Å². The maximum atomic E-state index is 14.6. The van der Waals surface area contributed by atoms with Crippen LogP contribution in [0.5, 0.6) is 0 Å². The number of nitrogens with two attached hydrogens (primary N) is 2. The number of para-hydroxylation sites is 1. The molecular formula is C91H149N19O22S. The number of carbonyl (C=O) groups is 15. The maximum Gasteiger partial charge on any atom is 0.317 e. The fourth-order valence-electron chi connectivity index (χ4n) is 17.9. The molecule has 0 spiro atoms. The molecule has 9 unspecified atom stereocenters. The van der Waals surface area contributed by atoms with Gasteiger partial charge in [0.15, 0.2) is 0 Å². The van der Waals surface area contributed by atoms with Crippen LogP contribution in [0.3, 0.4) is 0 Å². The van der Waals surface area contributed by atoms with Crippen molar-refractivity contribution in [2.24, 2.45) is 58.8 Å². The third kappa shape index (κ3) is 41.4. The lowest BCUT2D eigenvalue weighted by Gasteiger charge is -2.44. The molecule has 3 heterocycles. The van der Waals surface area contributed by atoms with Crippen LogP contribution in [0.2, 0.25) is 0 Å². The summed E-state index contributed by atoms with van der Waals surface area (Å²) in [6.45, 7) is 15.2. The van der Waals surface area contributed by atoms with E-state index in [2.05, 4.69) is 82.0 Å². The van der Waals surface area contributed by atoms with E-state index in [-0.39, 0.29) is 216 Å². The number of carboxylic acids is 3. The van der Waals surface area contributed by atoms with Crippen LogP contribution >= 0.6 is 11.8 Å². The van der Waals surface area contributed by atoms with Gasteiger partial charge in [0.25, 0.3) is 0 Å². The van der Waals surface area contributed by atoms with E-state index in [9.17, 15) is 97.5 Å². The molecule has 1 aromatic carbocycles. The number of aromatic amines is 2. The number of aromatic nitrogens is 3. The first-order chi connectivity index (χ1) is 63.3. The second kappa shape index (κ2) is 59.0. The average molecular weight is 1890 g/mol. The fraction of sp³-hybridized carbons (Fsp3) is 0.714. The Kier molecular flexibility index (Phi) is 49.6. The number of carbonyl (C=O) groups excluding carboxylic acids is 12. The summed E-state index contributed by atoms with van der Waals surface area (Å²) in [5.74, 6) is -11.1. The van der Waals surface area contributed by atoms with Crippen LogP contribution in [0, 0.1) is 47.3 Å². The van der Waals surface area contributed by atoms with Crippen molar-refractivity contribution in [2.45, 2.75) is 238 Å². The topological polar surface area (TPSA) is 605 Å². The summed E-state index contributed by atoms with van der Waals surface area (Å²) in [5.41, 5.74) is 13.0. The van der Waals surface area contributed by atoms with Crippen molar-refractivity contribution in [3.8, 4) is 0 Å². The molecule has 3 fully saturated rings. The highest BCUT2D eigenvalue weighted by atomic mass is 32.2. The van der Waals surface area contributed by atoms with E-state index in [1.807, 2.05) is 50.1 Å². The number of hydrogen-bond donors (Lipinski definition) is 19. The zero-order valence-corrected chi connectivity index (χ0v) is 79.6. The Hall–Kier alpha value is -9.95. The maximum absolute atomic E-state index is 14.6. The highest BCUT2D eigenvalue weighted by molar-refractivity contribution is 7.98. The average Bonchev–Trinajstić information content (AvgIpc) is 1.73. The number of imidazole rings is 1. The number of rotatable bonds is 59. The Morgan fingerprint density at radius 2 is 1.17 bits per heavy atom. The number of hydrogen-bond acceptors (Lipinski definition) is 25. The van der Waals surface area contributed by atoms with Gasteiger partial charge < -0.3 is 110 Å². The van der Waals surface area contributed by atoms with E-state index in [0.29, 0.717) is 55.5 Å². The summed E-state index contributed by atoms with van der Waals surface area (Å²) in [5, 5.41) is 80.3. The smallest absolute Gasteiger partial charge is 0.317 e. The number of unbranched alkanes of at least 4 members (excludes halogenated alkanes) is 1. The molecule has 16 atom stereocenters. The fourth-order valence-corrected chi connectivity index (χ4v) is 18.3. The molecule has 1 saturated heterocycles. The van der Waals surface area contributed by atoms with Gasteiger partial charge in [0.05, 0.1) is 71.1 Å². The molecule has 3 aromatic rings. The molecule has 2 saturated carbocycles. The monoisotopic (exact) mass is 1890 g/mol. The first-order valence-electron chi connectivity index (χ1n) is 46.9. The number of benzene rings is 1. The second-order valence-corrected chi connectivity index (χ2v) is 37.6. The van der Waals surface area contributed by atoms with Crippen LogP contribution in [-0.4, -0.2) is 339 Å². The number of primary amides is 2.